The lowest BCUT2D eigenvalue weighted by molar-refractivity contribution is -0.132. The third kappa shape index (κ3) is 2.49. The Morgan fingerprint density at radius 2 is 1.73 bits per heavy atom. The standard InChI is InChI=1S/C11H12O4/c1-2-9(11(14)15)10(13)7-3-5-8(12)6-4-7/h3-6,12-13H,2H2,1H3,(H,14,15). The number of rotatable bonds is 3. The van der Waals surface area contributed by atoms with Gasteiger partial charge in [-0.1, -0.05) is 6.92 Å². The number of phenolic OH excluding ortho intramolecular Hbond substituents is 1. The molecule has 0 aromatic heterocycles. The fourth-order valence-electron chi connectivity index (χ4n) is 1.21. The van der Waals surface area contributed by atoms with E-state index in [1.54, 1.807) is 6.92 Å². The Bertz CT molecular complexity index is 390. The highest BCUT2D eigenvalue weighted by Crippen LogP contribution is 2.20. The average Bonchev–Trinajstić information content (AvgIpc) is 2.19. The van der Waals surface area contributed by atoms with E-state index in [2.05, 4.69) is 0 Å². The van der Waals surface area contributed by atoms with Gasteiger partial charge in [0.05, 0.1) is 5.57 Å². The van der Waals surface area contributed by atoms with Crippen LogP contribution >= 0.6 is 0 Å². The normalized spacial score (nSPS) is 12.1. The Labute approximate surface area is 87.1 Å². The van der Waals surface area contributed by atoms with Gasteiger partial charge < -0.3 is 15.3 Å². The topological polar surface area (TPSA) is 77.8 Å². The molecule has 0 heterocycles. The van der Waals surface area contributed by atoms with Gasteiger partial charge in [0.25, 0.3) is 0 Å². The van der Waals surface area contributed by atoms with E-state index in [0.29, 0.717) is 5.56 Å². The summed E-state index contributed by atoms with van der Waals surface area (Å²) < 4.78 is 0. The summed E-state index contributed by atoms with van der Waals surface area (Å²) >= 11 is 0. The number of benzene rings is 1. The smallest absolute Gasteiger partial charge is 0.335 e. The van der Waals surface area contributed by atoms with Gasteiger partial charge in [-0.25, -0.2) is 4.79 Å². The van der Waals surface area contributed by atoms with Crippen molar-refractivity contribution in [1.29, 1.82) is 0 Å². The Balaban J connectivity index is 3.16. The maximum atomic E-state index is 10.7. The Kier molecular flexibility index (Phi) is 3.33. The molecule has 80 valence electrons. The Hall–Kier alpha value is -1.97. The first kappa shape index (κ1) is 11.1. The molecule has 0 fully saturated rings. The minimum absolute atomic E-state index is 0.0410. The third-order valence-electron chi connectivity index (χ3n) is 2.04. The van der Waals surface area contributed by atoms with Gasteiger partial charge in [0.1, 0.15) is 11.5 Å². The molecule has 0 spiro atoms. The molecule has 4 nitrogen and oxygen atoms in total. The minimum atomic E-state index is -1.14. The zero-order valence-corrected chi connectivity index (χ0v) is 8.27. The number of aliphatic hydroxyl groups is 1. The number of hydrogen-bond donors (Lipinski definition) is 3. The van der Waals surface area contributed by atoms with Crippen molar-refractivity contribution < 1.29 is 20.1 Å². The molecule has 1 aromatic rings. The third-order valence-corrected chi connectivity index (χ3v) is 2.04. The Morgan fingerprint density at radius 3 is 2.13 bits per heavy atom. The highest BCUT2D eigenvalue weighted by atomic mass is 16.4. The zero-order chi connectivity index (χ0) is 11.4. The summed E-state index contributed by atoms with van der Waals surface area (Å²) in [4.78, 5) is 10.7. The molecule has 0 aliphatic heterocycles. The van der Waals surface area contributed by atoms with Crippen LogP contribution in [0, 0.1) is 0 Å². The van der Waals surface area contributed by atoms with Gasteiger partial charge >= 0.3 is 5.97 Å². The molecule has 0 unspecified atom stereocenters. The second kappa shape index (κ2) is 4.50. The minimum Gasteiger partial charge on any atom is -0.508 e. The van der Waals surface area contributed by atoms with Crippen LogP contribution in [0.15, 0.2) is 29.8 Å². The molecule has 4 heteroatoms. The van der Waals surface area contributed by atoms with Crippen molar-refractivity contribution in [2.45, 2.75) is 13.3 Å². The summed E-state index contributed by atoms with van der Waals surface area (Å²) in [7, 11) is 0. The van der Waals surface area contributed by atoms with Crippen molar-refractivity contribution in [3.05, 3.63) is 35.4 Å². The van der Waals surface area contributed by atoms with Crippen molar-refractivity contribution in [2.75, 3.05) is 0 Å². The van der Waals surface area contributed by atoms with Gasteiger partial charge in [0.2, 0.25) is 0 Å². The fourth-order valence-corrected chi connectivity index (χ4v) is 1.21. The molecule has 0 atom stereocenters. The van der Waals surface area contributed by atoms with Crippen LogP contribution in [0.5, 0.6) is 5.75 Å². The summed E-state index contributed by atoms with van der Waals surface area (Å²) in [5.41, 5.74) is 0.340. The molecule has 0 amide bonds. The first-order chi connectivity index (χ1) is 7.06. The predicted molar refractivity (Wildman–Crippen MR) is 55.6 cm³/mol. The van der Waals surface area contributed by atoms with Gasteiger partial charge in [-0.2, -0.15) is 0 Å². The Morgan fingerprint density at radius 1 is 1.20 bits per heavy atom. The van der Waals surface area contributed by atoms with Crippen LogP contribution in [0.25, 0.3) is 5.76 Å². The van der Waals surface area contributed by atoms with E-state index in [0.717, 1.165) is 0 Å². The summed E-state index contributed by atoms with van der Waals surface area (Å²) in [6.45, 7) is 1.65. The van der Waals surface area contributed by atoms with Crippen LogP contribution in [-0.4, -0.2) is 21.3 Å². The highest BCUT2D eigenvalue weighted by molar-refractivity contribution is 5.94. The van der Waals surface area contributed by atoms with Crippen LogP contribution in [0.2, 0.25) is 0 Å². The summed E-state index contributed by atoms with van der Waals surface area (Å²) in [5, 5.41) is 27.5. The van der Waals surface area contributed by atoms with Gasteiger partial charge in [0.15, 0.2) is 0 Å². The molecule has 0 aliphatic carbocycles. The van der Waals surface area contributed by atoms with Crippen LogP contribution in [0.1, 0.15) is 18.9 Å². The number of aromatic hydroxyl groups is 1. The number of carboxylic acids is 1. The molecule has 0 saturated carbocycles. The summed E-state index contributed by atoms with van der Waals surface area (Å²) in [5.74, 6) is -1.33. The molecule has 0 saturated heterocycles. The second-order valence-corrected chi connectivity index (χ2v) is 3.03. The summed E-state index contributed by atoms with van der Waals surface area (Å²) in [6.07, 6.45) is 0.238. The van der Waals surface area contributed by atoms with Gasteiger partial charge in [-0.15, -0.1) is 0 Å². The number of phenols is 1. The molecular formula is C11H12O4. The van der Waals surface area contributed by atoms with Gasteiger partial charge in [-0.3, -0.25) is 0 Å². The number of carboxylic acid groups (broad SMARTS) is 1. The number of aliphatic hydroxyl groups excluding tert-OH is 1. The molecule has 1 rings (SSSR count). The lowest BCUT2D eigenvalue weighted by atomic mass is 10.1. The zero-order valence-electron chi connectivity index (χ0n) is 8.27. The first-order valence-corrected chi connectivity index (χ1v) is 4.51. The van der Waals surface area contributed by atoms with E-state index in [1.807, 2.05) is 0 Å². The monoisotopic (exact) mass is 208 g/mol. The number of carbonyl (C=O) groups is 1. The lowest BCUT2D eigenvalue weighted by Crippen LogP contribution is -2.03. The molecule has 0 aliphatic rings. The predicted octanol–water partition coefficient (Wildman–Crippen LogP) is 2.16. The van der Waals surface area contributed by atoms with Crippen molar-refractivity contribution in [2.24, 2.45) is 0 Å². The summed E-state index contributed by atoms with van der Waals surface area (Å²) in [6, 6.07) is 5.70. The van der Waals surface area contributed by atoms with E-state index in [-0.39, 0.29) is 23.5 Å². The van der Waals surface area contributed by atoms with Crippen molar-refractivity contribution in [3.8, 4) is 5.75 Å². The van der Waals surface area contributed by atoms with Crippen molar-refractivity contribution in [3.63, 3.8) is 0 Å². The maximum Gasteiger partial charge on any atom is 0.335 e. The van der Waals surface area contributed by atoms with Crippen LogP contribution in [0.4, 0.5) is 0 Å². The first-order valence-electron chi connectivity index (χ1n) is 4.51. The van der Waals surface area contributed by atoms with Crippen molar-refractivity contribution >= 4 is 11.7 Å². The molecular weight excluding hydrogens is 196 g/mol. The molecule has 3 N–H and O–H groups in total. The van der Waals surface area contributed by atoms with E-state index >= 15 is 0 Å². The quantitative estimate of drug-likeness (QED) is 0.525. The van der Waals surface area contributed by atoms with Crippen LogP contribution < -0.4 is 0 Å². The van der Waals surface area contributed by atoms with Gasteiger partial charge in [0, 0.05) is 5.56 Å². The molecule has 0 bridgehead atoms. The lowest BCUT2D eigenvalue weighted by Gasteiger charge is -2.04. The fraction of sp³-hybridized carbons (Fsp3) is 0.182. The van der Waals surface area contributed by atoms with Crippen LogP contribution in [0.3, 0.4) is 0 Å². The second-order valence-electron chi connectivity index (χ2n) is 3.03. The number of hydrogen-bond acceptors (Lipinski definition) is 3. The number of aliphatic carboxylic acids is 1. The van der Waals surface area contributed by atoms with E-state index < -0.39 is 5.97 Å². The molecule has 1 aromatic carbocycles. The maximum absolute atomic E-state index is 10.7. The van der Waals surface area contributed by atoms with E-state index in [4.69, 9.17) is 10.2 Å². The van der Waals surface area contributed by atoms with Crippen LogP contribution in [-0.2, 0) is 4.79 Å². The van der Waals surface area contributed by atoms with Gasteiger partial charge in [-0.05, 0) is 30.7 Å². The molecule has 15 heavy (non-hydrogen) atoms. The highest BCUT2D eigenvalue weighted by Gasteiger charge is 2.13. The van der Waals surface area contributed by atoms with E-state index in [9.17, 15) is 9.90 Å². The van der Waals surface area contributed by atoms with E-state index in [1.165, 1.54) is 24.3 Å². The SMILES string of the molecule is CCC(C(=O)O)=C(O)c1ccc(O)cc1. The largest absolute Gasteiger partial charge is 0.508 e. The van der Waals surface area contributed by atoms with Crippen molar-refractivity contribution in [1.82, 2.24) is 0 Å². The molecule has 0 radical (unpaired) electrons. The average molecular weight is 208 g/mol.